The molecule has 0 saturated carbocycles. The van der Waals surface area contributed by atoms with E-state index in [1.165, 1.54) is 17.0 Å². The molecule has 1 aromatic carbocycles. The Hall–Kier alpha value is -2.90. The fourth-order valence-corrected chi connectivity index (χ4v) is 4.99. The molecule has 1 unspecified atom stereocenters. The summed E-state index contributed by atoms with van der Waals surface area (Å²) in [4.78, 5) is 31.1. The number of hydrogen-bond acceptors (Lipinski definition) is 5. The van der Waals surface area contributed by atoms with Crippen molar-refractivity contribution >= 4 is 11.8 Å². The number of hydrogen-bond donors (Lipinski definition) is 2. The van der Waals surface area contributed by atoms with Gasteiger partial charge in [0.05, 0.1) is 0 Å². The van der Waals surface area contributed by atoms with Gasteiger partial charge in [0, 0.05) is 61.0 Å². The van der Waals surface area contributed by atoms with Gasteiger partial charge in [-0.25, -0.2) is 0 Å². The van der Waals surface area contributed by atoms with Gasteiger partial charge in [-0.2, -0.15) is 0 Å². The molecule has 0 spiro atoms. The average molecular weight is 450 g/mol. The summed E-state index contributed by atoms with van der Waals surface area (Å²) >= 11 is 0. The molecular weight excluding hydrogens is 414 g/mol. The smallest absolute Gasteiger partial charge is 0.248 e. The lowest BCUT2D eigenvalue weighted by molar-refractivity contribution is -0.117. The summed E-state index contributed by atoms with van der Waals surface area (Å²) in [6.07, 6.45) is 6.83. The maximum atomic E-state index is 12.8. The first kappa shape index (κ1) is 23.3. The molecule has 3 aliphatic rings. The lowest BCUT2D eigenvalue weighted by Gasteiger charge is -2.29. The third-order valence-electron chi connectivity index (χ3n) is 6.77. The number of benzene rings is 1. The van der Waals surface area contributed by atoms with Crippen LogP contribution in [0.1, 0.15) is 35.2 Å². The van der Waals surface area contributed by atoms with Crippen LogP contribution in [0, 0.1) is 5.92 Å². The van der Waals surface area contributed by atoms with E-state index in [9.17, 15) is 9.59 Å². The van der Waals surface area contributed by atoms with Crippen LogP contribution in [0.5, 0.6) is 0 Å². The lowest BCUT2D eigenvalue weighted by Crippen LogP contribution is -2.31. The molecule has 33 heavy (non-hydrogen) atoms. The van der Waals surface area contributed by atoms with E-state index in [-0.39, 0.29) is 11.8 Å². The van der Waals surface area contributed by atoms with Gasteiger partial charge in [0.1, 0.15) is 0 Å². The van der Waals surface area contributed by atoms with Gasteiger partial charge in [0.15, 0.2) is 0 Å². The second kappa shape index (κ2) is 9.93. The Kier molecular flexibility index (Phi) is 7.00. The van der Waals surface area contributed by atoms with Crippen LogP contribution in [0.15, 0.2) is 59.0 Å². The Morgan fingerprint density at radius 2 is 1.94 bits per heavy atom. The molecular formula is C26H35N5O2. The lowest BCUT2D eigenvalue weighted by atomic mass is 9.85. The summed E-state index contributed by atoms with van der Waals surface area (Å²) in [5.74, 6) is -0.105. The summed E-state index contributed by atoms with van der Waals surface area (Å²) in [7, 11) is 6.25. The van der Waals surface area contributed by atoms with Crippen molar-refractivity contribution in [2.75, 3.05) is 47.3 Å². The normalized spacial score (nSPS) is 20.4. The summed E-state index contributed by atoms with van der Waals surface area (Å²) < 4.78 is 0. The van der Waals surface area contributed by atoms with Gasteiger partial charge in [-0.1, -0.05) is 18.2 Å². The van der Waals surface area contributed by atoms with Gasteiger partial charge in [0.2, 0.25) is 11.8 Å². The minimum Gasteiger partial charge on any atom is -0.366 e. The zero-order valence-corrected chi connectivity index (χ0v) is 19.9. The number of carbonyl (C=O) groups excluding carboxylic acids is 2. The predicted molar refractivity (Wildman–Crippen MR) is 130 cm³/mol. The summed E-state index contributed by atoms with van der Waals surface area (Å²) in [6, 6.07) is 7.55. The van der Waals surface area contributed by atoms with E-state index in [1.54, 1.807) is 12.1 Å². The standard InChI is InChI=1S/C26H35N5O2/c1-29(2)13-4-12-28-26(33)20-9-10-23-21(15-20)22-17-30(3)14-11-24(22)31(23)16-18-5-7-19(8-6-18)25(27)32/h5-10,21H,4,11-17H2,1-3H3,(H2,27,32)(H,28,33). The fourth-order valence-electron chi connectivity index (χ4n) is 4.99. The van der Waals surface area contributed by atoms with Crippen molar-refractivity contribution < 1.29 is 9.59 Å². The van der Waals surface area contributed by atoms with E-state index in [1.807, 2.05) is 32.3 Å². The van der Waals surface area contributed by atoms with Crippen LogP contribution >= 0.6 is 0 Å². The monoisotopic (exact) mass is 449 g/mol. The maximum Gasteiger partial charge on any atom is 0.248 e. The number of likely N-dealkylation sites (N-methyl/N-ethyl adjacent to an activating group) is 1. The zero-order chi connectivity index (χ0) is 23.5. The minimum absolute atomic E-state index is 0.0517. The van der Waals surface area contributed by atoms with E-state index in [4.69, 9.17) is 5.73 Å². The number of fused-ring (bicyclic) bond motifs is 2. The van der Waals surface area contributed by atoms with Crippen LogP contribution in [0.25, 0.3) is 0 Å². The first-order chi connectivity index (χ1) is 15.8. The Morgan fingerprint density at radius 3 is 2.64 bits per heavy atom. The third-order valence-corrected chi connectivity index (χ3v) is 6.77. The van der Waals surface area contributed by atoms with Crippen molar-refractivity contribution in [1.82, 2.24) is 20.0 Å². The number of rotatable bonds is 8. The number of nitrogens with two attached hydrogens (primary N) is 1. The SMILES string of the molecule is CN(C)CCCNC(=O)C1=CC=C2C(C1)C1=C(CCN(C)C1)N2Cc1ccc(C(N)=O)cc1. The second-order valence-corrected chi connectivity index (χ2v) is 9.56. The van der Waals surface area contributed by atoms with Crippen molar-refractivity contribution in [3.05, 3.63) is 70.1 Å². The molecule has 1 aliphatic carbocycles. The Balaban J connectivity index is 1.52. The van der Waals surface area contributed by atoms with Gasteiger partial charge < -0.3 is 25.8 Å². The number of amides is 2. The van der Waals surface area contributed by atoms with Crippen LogP contribution in [0.3, 0.4) is 0 Å². The molecule has 2 aliphatic heterocycles. The molecule has 0 radical (unpaired) electrons. The fraction of sp³-hybridized carbons (Fsp3) is 0.462. The number of carbonyl (C=O) groups is 2. The van der Waals surface area contributed by atoms with E-state index < -0.39 is 5.91 Å². The van der Waals surface area contributed by atoms with E-state index >= 15 is 0 Å². The first-order valence-electron chi connectivity index (χ1n) is 11.7. The van der Waals surface area contributed by atoms with E-state index in [2.05, 4.69) is 33.1 Å². The number of primary amides is 1. The topological polar surface area (TPSA) is 81.9 Å². The van der Waals surface area contributed by atoms with Gasteiger partial charge in [-0.15, -0.1) is 0 Å². The number of nitrogens with one attached hydrogen (secondary N) is 1. The second-order valence-electron chi connectivity index (χ2n) is 9.56. The van der Waals surface area contributed by atoms with Crippen LogP contribution in [0.4, 0.5) is 0 Å². The highest BCUT2D eigenvalue weighted by atomic mass is 16.2. The third kappa shape index (κ3) is 5.20. The van der Waals surface area contributed by atoms with E-state index in [0.29, 0.717) is 12.1 Å². The maximum absolute atomic E-state index is 12.8. The Labute approximate surface area is 196 Å². The summed E-state index contributed by atoms with van der Waals surface area (Å²) in [6.45, 7) is 4.38. The first-order valence-corrected chi connectivity index (χ1v) is 11.7. The minimum atomic E-state index is -0.407. The molecule has 7 heteroatoms. The molecule has 2 amide bonds. The molecule has 4 rings (SSSR count). The molecule has 2 heterocycles. The Bertz CT molecular complexity index is 1010. The molecule has 0 saturated heterocycles. The highest BCUT2D eigenvalue weighted by Crippen LogP contribution is 2.46. The highest BCUT2D eigenvalue weighted by molar-refractivity contribution is 5.94. The average Bonchev–Trinajstić information content (AvgIpc) is 3.09. The van der Waals surface area contributed by atoms with Crippen molar-refractivity contribution in [3.8, 4) is 0 Å². The van der Waals surface area contributed by atoms with Crippen LogP contribution < -0.4 is 11.1 Å². The van der Waals surface area contributed by atoms with Crippen LogP contribution in [-0.2, 0) is 11.3 Å². The van der Waals surface area contributed by atoms with Crippen molar-refractivity contribution in [2.45, 2.75) is 25.8 Å². The molecule has 1 aromatic rings. The van der Waals surface area contributed by atoms with Gasteiger partial charge in [0.25, 0.3) is 0 Å². The van der Waals surface area contributed by atoms with Crippen LogP contribution in [-0.4, -0.2) is 73.8 Å². The van der Waals surface area contributed by atoms with Crippen LogP contribution in [0.2, 0.25) is 0 Å². The predicted octanol–water partition coefficient (Wildman–Crippen LogP) is 2.09. The molecule has 0 aromatic heterocycles. The Morgan fingerprint density at radius 1 is 1.18 bits per heavy atom. The van der Waals surface area contributed by atoms with Gasteiger partial charge in [-0.05, 0) is 69.9 Å². The molecule has 0 bridgehead atoms. The van der Waals surface area contributed by atoms with Crippen molar-refractivity contribution in [2.24, 2.45) is 11.7 Å². The molecule has 176 valence electrons. The van der Waals surface area contributed by atoms with Crippen molar-refractivity contribution in [1.29, 1.82) is 0 Å². The van der Waals surface area contributed by atoms with Crippen molar-refractivity contribution in [3.63, 3.8) is 0 Å². The molecule has 0 fully saturated rings. The van der Waals surface area contributed by atoms with E-state index in [0.717, 1.165) is 56.6 Å². The quantitative estimate of drug-likeness (QED) is 0.594. The molecule has 1 atom stereocenters. The molecule has 3 N–H and O–H groups in total. The summed E-state index contributed by atoms with van der Waals surface area (Å²) in [5.41, 5.74) is 12.0. The largest absolute Gasteiger partial charge is 0.366 e. The zero-order valence-electron chi connectivity index (χ0n) is 19.9. The molecule has 7 nitrogen and oxygen atoms in total. The number of allylic oxidation sites excluding steroid dienone is 3. The van der Waals surface area contributed by atoms with Gasteiger partial charge in [-0.3, -0.25) is 9.59 Å². The number of nitrogens with zero attached hydrogens (tertiary/aromatic N) is 3. The van der Waals surface area contributed by atoms with Gasteiger partial charge >= 0.3 is 0 Å². The summed E-state index contributed by atoms with van der Waals surface area (Å²) in [5, 5.41) is 3.09. The highest BCUT2D eigenvalue weighted by Gasteiger charge is 2.40.